The number of hydrogen-bond donors (Lipinski definition) is 2. The van der Waals surface area contributed by atoms with Gasteiger partial charge < -0.3 is 15.4 Å². The van der Waals surface area contributed by atoms with Gasteiger partial charge in [-0.15, -0.1) is 0 Å². The number of ether oxygens (including phenoxy) is 1. The number of carbonyl (C=O) groups excluding carboxylic acids is 1. The van der Waals surface area contributed by atoms with Gasteiger partial charge in [-0.05, 0) is 30.7 Å². The Morgan fingerprint density at radius 2 is 1.75 bits per heavy atom. The second-order valence-corrected chi connectivity index (χ2v) is 5.43. The monoisotopic (exact) mass is 330 g/mol. The van der Waals surface area contributed by atoms with Crippen molar-refractivity contribution in [3.63, 3.8) is 0 Å². The molecular formula is C19H23FN2O2. The number of rotatable bonds is 9. The predicted octanol–water partition coefficient (Wildman–Crippen LogP) is 2.67. The minimum Gasteiger partial charge on any atom is -0.496 e. The van der Waals surface area contributed by atoms with Crippen LogP contribution in [0.3, 0.4) is 0 Å². The van der Waals surface area contributed by atoms with E-state index in [9.17, 15) is 9.18 Å². The highest BCUT2D eigenvalue weighted by Crippen LogP contribution is 2.16. The zero-order chi connectivity index (χ0) is 17.2. The first kappa shape index (κ1) is 17.9. The summed E-state index contributed by atoms with van der Waals surface area (Å²) in [7, 11) is 1.61. The van der Waals surface area contributed by atoms with Gasteiger partial charge in [0.05, 0.1) is 7.11 Å². The molecule has 0 bridgehead atoms. The first-order chi connectivity index (χ1) is 11.7. The first-order valence-corrected chi connectivity index (χ1v) is 8.03. The van der Waals surface area contributed by atoms with E-state index in [1.807, 2.05) is 30.3 Å². The summed E-state index contributed by atoms with van der Waals surface area (Å²) in [5, 5.41) is 6.03. The van der Waals surface area contributed by atoms with E-state index in [2.05, 4.69) is 10.6 Å². The highest BCUT2D eigenvalue weighted by molar-refractivity contribution is 5.76. The summed E-state index contributed by atoms with van der Waals surface area (Å²) in [5.41, 5.74) is 1.63. The number of methoxy groups -OCH3 is 1. The lowest BCUT2D eigenvalue weighted by atomic mass is 10.1. The molecule has 2 N–H and O–H groups in total. The SMILES string of the molecule is COc1ccccc1CNC(=O)CCNCCc1ccccc1F. The normalized spacial score (nSPS) is 10.4. The quantitative estimate of drug-likeness (QED) is 0.695. The Morgan fingerprint density at radius 3 is 2.50 bits per heavy atom. The van der Waals surface area contributed by atoms with Crippen molar-refractivity contribution in [3.05, 3.63) is 65.5 Å². The third-order valence-corrected chi connectivity index (χ3v) is 3.73. The highest BCUT2D eigenvalue weighted by Gasteiger charge is 2.05. The molecule has 0 radical (unpaired) electrons. The summed E-state index contributed by atoms with van der Waals surface area (Å²) in [6, 6.07) is 14.3. The van der Waals surface area contributed by atoms with Crippen molar-refractivity contribution in [1.82, 2.24) is 10.6 Å². The highest BCUT2D eigenvalue weighted by atomic mass is 19.1. The molecule has 0 fully saturated rings. The zero-order valence-electron chi connectivity index (χ0n) is 13.8. The molecule has 0 heterocycles. The Kier molecular flexibility index (Phi) is 7.23. The van der Waals surface area contributed by atoms with E-state index in [-0.39, 0.29) is 11.7 Å². The van der Waals surface area contributed by atoms with Gasteiger partial charge in [0, 0.05) is 25.1 Å². The van der Waals surface area contributed by atoms with E-state index in [4.69, 9.17) is 4.74 Å². The Labute approximate surface area is 142 Å². The number of para-hydroxylation sites is 1. The molecule has 24 heavy (non-hydrogen) atoms. The molecule has 0 aromatic heterocycles. The summed E-state index contributed by atoms with van der Waals surface area (Å²) in [6.07, 6.45) is 0.988. The molecule has 0 aliphatic carbocycles. The van der Waals surface area contributed by atoms with E-state index in [1.165, 1.54) is 6.07 Å². The van der Waals surface area contributed by atoms with Crippen LogP contribution in [0.15, 0.2) is 48.5 Å². The second kappa shape index (κ2) is 9.67. The van der Waals surface area contributed by atoms with Gasteiger partial charge in [-0.2, -0.15) is 0 Å². The van der Waals surface area contributed by atoms with E-state index < -0.39 is 0 Å². The van der Waals surface area contributed by atoms with Crippen molar-refractivity contribution < 1.29 is 13.9 Å². The molecule has 2 rings (SSSR count). The van der Waals surface area contributed by atoms with Gasteiger partial charge in [0.25, 0.3) is 0 Å². The van der Waals surface area contributed by atoms with Gasteiger partial charge in [-0.1, -0.05) is 36.4 Å². The Bertz CT molecular complexity index is 661. The first-order valence-electron chi connectivity index (χ1n) is 8.03. The number of nitrogens with one attached hydrogen (secondary N) is 2. The zero-order valence-corrected chi connectivity index (χ0v) is 13.8. The summed E-state index contributed by atoms with van der Waals surface area (Å²) in [5.74, 6) is 0.550. The van der Waals surface area contributed by atoms with Gasteiger partial charge in [0.2, 0.25) is 5.91 Å². The number of carbonyl (C=O) groups is 1. The van der Waals surface area contributed by atoms with Crippen LogP contribution < -0.4 is 15.4 Å². The molecule has 0 aliphatic rings. The van der Waals surface area contributed by atoms with Crippen LogP contribution in [0.25, 0.3) is 0 Å². The van der Waals surface area contributed by atoms with Gasteiger partial charge in [0.1, 0.15) is 11.6 Å². The molecule has 0 unspecified atom stereocenters. The summed E-state index contributed by atoms with van der Waals surface area (Å²) >= 11 is 0. The second-order valence-electron chi connectivity index (χ2n) is 5.43. The van der Waals surface area contributed by atoms with Crippen LogP contribution in [0.1, 0.15) is 17.5 Å². The van der Waals surface area contributed by atoms with E-state index in [0.717, 1.165) is 11.3 Å². The van der Waals surface area contributed by atoms with Crippen molar-refractivity contribution in [1.29, 1.82) is 0 Å². The van der Waals surface area contributed by atoms with Crippen LogP contribution >= 0.6 is 0 Å². The molecule has 0 spiro atoms. The van der Waals surface area contributed by atoms with E-state index in [0.29, 0.717) is 38.0 Å². The number of hydrogen-bond acceptors (Lipinski definition) is 3. The van der Waals surface area contributed by atoms with Crippen LogP contribution in [0.5, 0.6) is 5.75 Å². The minimum atomic E-state index is -0.186. The molecule has 0 saturated carbocycles. The average Bonchev–Trinajstić information content (AvgIpc) is 2.61. The lowest BCUT2D eigenvalue weighted by Crippen LogP contribution is -2.28. The topological polar surface area (TPSA) is 50.4 Å². The molecule has 2 aromatic rings. The Morgan fingerprint density at radius 1 is 1.04 bits per heavy atom. The van der Waals surface area contributed by atoms with Crippen molar-refractivity contribution in [2.45, 2.75) is 19.4 Å². The van der Waals surface area contributed by atoms with Gasteiger partial charge in [0.15, 0.2) is 0 Å². The Balaban J connectivity index is 1.62. The van der Waals surface area contributed by atoms with Crippen LogP contribution in [0.2, 0.25) is 0 Å². The molecule has 1 amide bonds. The predicted molar refractivity (Wildman–Crippen MR) is 92.4 cm³/mol. The average molecular weight is 330 g/mol. The van der Waals surface area contributed by atoms with Crippen molar-refractivity contribution in [2.75, 3.05) is 20.2 Å². The lowest BCUT2D eigenvalue weighted by Gasteiger charge is -2.10. The number of benzene rings is 2. The lowest BCUT2D eigenvalue weighted by molar-refractivity contribution is -0.121. The van der Waals surface area contributed by atoms with Crippen molar-refractivity contribution in [3.8, 4) is 5.75 Å². The summed E-state index contributed by atoms with van der Waals surface area (Å²) in [6.45, 7) is 1.64. The molecular weight excluding hydrogens is 307 g/mol. The third-order valence-electron chi connectivity index (χ3n) is 3.73. The molecule has 5 heteroatoms. The van der Waals surface area contributed by atoms with Crippen LogP contribution in [-0.2, 0) is 17.8 Å². The molecule has 0 aliphatic heterocycles. The number of halogens is 1. The van der Waals surface area contributed by atoms with E-state index in [1.54, 1.807) is 19.2 Å². The summed E-state index contributed by atoms with van der Waals surface area (Å²) < 4.78 is 18.7. The van der Waals surface area contributed by atoms with Crippen LogP contribution in [-0.4, -0.2) is 26.1 Å². The minimum absolute atomic E-state index is 0.0284. The van der Waals surface area contributed by atoms with Crippen molar-refractivity contribution in [2.24, 2.45) is 0 Å². The Hall–Kier alpha value is -2.40. The third kappa shape index (κ3) is 5.66. The maximum absolute atomic E-state index is 13.4. The smallest absolute Gasteiger partial charge is 0.221 e. The molecule has 4 nitrogen and oxygen atoms in total. The fraction of sp³-hybridized carbons (Fsp3) is 0.316. The summed E-state index contributed by atoms with van der Waals surface area (Å²) in [4.78, 5) is 11.9. The molecule has 128 valence electrons. The standard InChI is InChI=1S/C19H23FN2O2/c1-24-18-9-5-3-7-16(18)14-22-19(23)11-13-21-12-10-15-6-2-4-8-17(15)20/h2-9,21H,10-14H2,1H3,(H,22,23). The van der Waals surface area contributed by atoms with Gasteiger partial charge in [-0.3, -0.25) is 4.79 Å². The maximum Gasteiger partial charge on any atom is 0.221 e. The fourth-order valence-corrected chi connectivity index (χ4v) is 2.38. The van der Waals surface area contributed by atoms with Gasteiger partial charge in [-0.25, -0.2) is 4.39 Å². The number of amides is 1. The maximum atomic E-state index is 13.4. The van der Waals surface area contributed by atoms with E-state index >= 15 is 0 Å². The fourth-order valence-electron chi connectivity index (χ4n) is 2.38. The molecule has 2 aromatic carbocycles. The molecule has 0 saturated heterocycles. The molecule has 0 atom stereocenters. The van der Waals surface area contributed by atoms with Crippen LogP contribution in [0, 0.1) is 5.82 Å². The van der Waals surface area contributed by atoms with Gasteiger partial charge >= 0.3 is 0 Å². The van der Waals surface area contributed by atoms with Crippen molar-refractivity contribution >= 4 is 5.91 Å². The largest absolute Gasteiger partial charge is 0.496 e. The van der Waals surface area contributed by atoms with Crippen LogP contribution in [0.4, 0.5) is 4.39 Å².